The van der Waals surface area contributed by atoms with Crippen molar-refractivity contribution in [3.05, 3.63) is 68.8 Å². The summed E-state index contributed by atoms with van der Waals surface area (Å²) in [6.07, 6.45) is 1.40. The standard InChI is InChI=1S/C24H20Cl2N6O2/c1-24(2)11-28-9-14-7-15(6-13(8-27)19(14)24)30-23-29-10-16-21(31-23)34-12-32(22(16)33)20-17(25)4-3-5-18(20)26/h3-7,10,28H,9,11-12H2,1-2H3,(H,29,30,31). The van der Waals surface area contributed by atoms with Crippen molar-refractivity contribution in [2.75, 3.05) is 23.5 Å². The fourth-order valence-electron chi connectivity index (χ4n) is 4.45. The van der Waals surface area contributed by atoms with Crippen molar-refractivity contribution < 1.29 is 9.53 Å². The van der Waals surface area contributed by atoms with Gasteiger partial charge in [-0.25, -0.2) is 4.98 Å². The van der Waals surface area contributed by atoms with Crippen molar-refractivity contribution in [1.82, 2.24) is 15.3 Å². The number of carbonyl (C=O) groups excluding carboxylic acids is 1. The van der Waals surface area contributed by atoms with Crippen LogP contribution >= 0.6 is 23.2 Å². The minimum atomic E-state index is -0.364. The number of hydrogen-bond donors (Lipinski definition) is 2. The Hall–Kier alpha value is -3.38. The first-order chi connectivity index (χ1) is 16.3. The number of hydrogen-bond acceptors (Lipinski definition) is 7. The van der Waals surface area contributed by atoms with Crippen molar-refractivity contribution in [2.24, 2.45) is 0 Å². The largest absolute Gasteiger partial charge is 0.455 e. The zero-order valence-corrected chi connectivity index (χ0v) is 20.0. The fourth-order valence-corrected chi connectivity index (χ4v) is 5.06. The van der Waals surface area contributed by atoms with Gasteiger partial charge in [0.2, 0.25) is 11.8 Å². The maximum absolute atomic E-state index is 13.1. The molecule has 0 saturated heterocycles. The molecule has 2 aliphatic rings. The minimum Gasteiger partial charge on any atom is -0.455 e. The van der Waals surface area contributed by atoms with Crippen molar-refractivity contribution in [3.8, 4) is 11.9 Å². The Bertz CT molecular complexity index is 1350. The molecule has 1 amide bonds. The van der Waals surface area contributed by atoms with E-state index in [4.69, 9.17) is 27.9 Å². The summed E-state index contributed by atoms with van der Waals surface area (Å²) in [7, 11) is 0. The first-order valence-corrected chi connectivity index (χ1v) is 11.3. The number of nitrogens with one attached hydrogen (secondary N) is 2. The number of ether oxygens (including phenoxy) is 1. The third-order valence-electron chi connectivity index (χ3n) is 5.92. The van der Waals surface area contributed by atoms with E-state index in [0.717, 1.165) is 17.7 Å². The maximum atomic E-state index is 13.1. The van der Waals surface area contributed by atoms with E-state index in [9.17, 15) is 10.1 Å². The molecular weight excluding hydrogens is 475 g/mol. The number of carbonyl (C=O) groups is 1. The monoisotopic (exact) mass is 494 g/mol. The quantitative estimate of drug-likeness (QED) is 0.539. The Morgan fingerprint density at radius 3 is 2.76 bits per heavy atom. The number of nitriles is 1. The van der Waals surface area contributed by atoms with Crippen molar-refractivity contribution in [2.45, 2.75) is 25.8 Å². The zero-order valence-electron chi connectivity index (χ0n) is 18.4. The average Bonchev–Trinajstić information content (AvgIpc) is 2.79. The molecule has 0 saturated carbocycles. The molecule has 2 aliphatic heterocycles. The van der Waals surface area contributed by atoms with Gasteiger partial charge in [0.15, 0.2) is 6.73 Å². The molecule has 0 unspecified atom stereocenters. The van der Waals surface area contributed by atoms with Gasteiger partial charge < -0.3 is 15.4 Å². The van der Waals surface area contributed by atoms with E-state index >= 15 is 0 Å². The lowest BCUT2D eigenvalue weighted by Gasteiger charge is -2.34. The van der Waals surface area contributed by atoms with Gasteiger partial charge in [0.05, 0.1) is 27.4 Å². The lowest BCUT2D eigenvalue weighted by atomic mass is 9.76. The van der Waals surface area contributed by atoms with E-state index in [1.54, 1.807) is 24.3 Å². The summed E-state index contributed by atoms with van der Waals surface area (Å²) in [6.45, 7) is 5.62. The van der Waals surface area contributed by atoms with Gasteiger partial charge in [0.25, 0.3) is 5.91 Å². The van der Waals surface area contributed by atoms with E-state index in [0.29, 0.717) is 33.5 Å². The zero-order chi connectivity index (χ0) is 24.0. The summed E-state index contributed by atoms with van der Waals surface area (Å²) in [5.74, 6) is 0.0440. The van der Waals surface area contributed by atoms with Crippen LogP contribution < -0.4 is 20.3 Å². The lowest BCUT2D eigenvalue weighted by Crippen LogP contribution is -2.39. The van der Waals surface area contributed by atoms with E-state index in [1.807, 2.05) is 6.07 Å². The molecule has 0 fully saturated rings. The molecule has 8 nitrogen and oxygen atoms in total. The number of nitrogens with zero attached hydrogens (tertiary/aromatic N) is 4. The van der Waals surface area contributed by atoms with Gasteiger partial charge in [0, 0.05) is 30.4 Å². The molecule has 1 aromatic heterocycles. The van der Waals surface area contributed by atoms with Crippen LogP contribution in [0, 0.1) is 11.3 Å². The van der Waals surface area contributed by atoms with Gasteiger partial charge in [-0.05, 0) is 35.4 Å². The molecule has 0 atom stereocenters. The second-order valence-corrected chi connectivity index (χ2v) is 9.59. The van der Waals surface area contributed by atoms with Crippen LogP contribution in [-0.2, 0) is 12.0 Å². The predicted octanol–water partition coefficient (Wildman–Crippen LogP) is 4.78. The fraction of sp³-hybridized carbons (Fsp3) is 0.250. The van der Waals surface area contributed by atoms with Crippen LogP contribution in [0.1, 0.15) is 40.9 Å². The maximum Gasteiger partial charge on any atom is 0.268 e. The van der Waals surface area contributed by atoms with Gasteiger partial charge in [-0.2, -0.15) is 10.2 Å². The van der Waals surface area contributed by atoms with E-state index in [-0.39, 0.29) is 35.4 Å². The Morgan fingerprint density at radius 2 is 2.03 bits per heavy atom. The van der Waals surface area contributed by atoms with E-state index in [1.165, 1.54) is 11.1 Å². The molecule has 0 aliphatic carbocycles. The van der Waals surface area contributed by atoms with Gasteiger partial charge in [-0.15, -0.1) is 0 Å². The highest BCUT2D eigenvalue weighted by Crippen LogP contribution is 2.38. The minimum absolute atomic E-state index is 0.0933. The van der Waals surface area contributed by atoms with Gasteiger partial charge in [-0.1, -0.05) is 43.1 Å². The summed E-state index contributed by atoms with van der Waals surface area (Å²) in [4.78, 5) is 23.1. The van der Waals surface area contributed by atoms with Crippen LogP contribution in [0.5, 0.6) is 5.88 Å². The summed E-state index contributed by atoms with van der Waals surface area (Å²) in [5, 5.41) is 17.0. The highest BCUT2D eigenvalue weighted by atomic mass is 35.5. The Kier molecular flexibility index (Phi) is 5.56. The molecule has 34 heavy (non-hydrogen) atoms. The highest BCUT2D eigenvalue weighted by Gasteiger charge is 2.32. The van der Waals surface area contributed by atoms with Gasteiger partial charge in [-0.3, -0.25) is 9.69 Å². The number of anilines is 3. The highest BCUT2D eigenvalue weighted by molar-refractivity contribution is 6.40. The van der Waals surface area contributed by atoms with Crippen molar-refractivity contribution in [1.29, 1.82) is 5.26 Å². The van der Waals surface area contributed by atoms with Crippen molar-refractivity contribution >= 4 is 46.4 Å². The van der Waals surface area contributed by atoms with E-state index in [2.05, 4.69) is 40.5 Å². The van der Waals surface area contributed by atoms with Gasteiger partial charge >= 0.3 is 0 Å². The molecule has 2 aromatic carbocycles. The Morgan fingerprint density at radius 1 is 1.26 bits per heavy atom. The number of para-hydroxylation sites is 1. The second kappa shape index (κ2) is 8.44. The van der Waals surface area contributed by atoms with E-state index < -0.39 is 0 Å². The lowest BCUT2D eigenvalue weighted by molar-refractivity contribution is 0.0932. The average molecular weight is 495 g/mol. The first-order valence-electron chi connectivity index (χ1n) is 10.6. The molecule has 0 radical (unpaired) electrons. The molecule has 3 aromatic rings. The van der Waals surface area contributed by atoms with Crippen LogP contribution in [0.25, 0.3) is 0 Å². The predicted molar refractivity (Wildman–Crippen MR) is 130 cm³/mol. The number of aromatic nitrogens is 2. The summed E-state index contributed by atoms with van der Waals surface area (Å²) in [6, 6.07) is 11.1. The Labute approximate surface area is 206 Å². The third-order valence-corrected chi connectivity index (χ3v) is 6.53. The molecule has 2 N–H and O–H groups in total. The number of benzene rings is 2. The van der Waals surface area contributed by atoms with Crippen LogP contribution in [0.3, 0.4) is 0 Å². The molecule has 5 rings (SSSR count). The second-order valence-electron chi connectivity index (χ2n) is 8.77. The molecule has 10 heteroatoms. The number of fused-ring (bicyclic) bond motifs is 2. The van der Waals surface area contributed by atoms with Gasteiger partial charge in [0.1, 0.15) is 5.56 Å². The van der Waals surface area contributed by atoms with Crippen LogP contribution in [0.4, 0.5) is 17.3 Å². The number of amides is 1. The van der Waals surface area contributed by atoms with Crippen molar-refractivity contribution in [3.63, 3.8) is 0 Å². The normalized spacial score (nSPS) is 16.2. The topological polar surface area (TPSA) is 103 Å². The number of rotatable bonds is 3. The Balaban J connectivity index is 1.44. The third kappa shape index (κ3) is 3.82. The number of halogens is 2. The summed E-state index contributed by atoms with van der Waals surface area (Å²) < 4.78 is 5.75. The smallest absolute Gasteiger partial charge is 0.268 e. The van der Waals surface area contributed by atoms with Crippen LogP contribution in [-0.4, -0.2) is 29.2 Å². The molecule has 0 bridgehead atoms. The molecule has 3 heterocycles. The SMILES string of the molecule is CC1(C)CNCc2cc(Nc3ncc4c(n3)OCN(c3c(Cl)cccc3Cl)C4=O)cc(C#N)c21. The molecule has 0 spiro atoms. The van der Waals surface area contributed by atoms with Crippen LogP contribution in [0.15, 0.2) is 36.5 Å². The molecule has 172 valence electrons. The first kappa shape index (κ1) is 22.4. The van der Waals surface area contributed by atoms with Crippen LogP contribution in [0.2, 0.25) is 10.0 Å². The summed E-state index contributed by atoms with van der Waals surface area (Å²) >= 11 is 12.5. The molecular formula is C24H20Cl2N6O2. The summed E-state index contributed by atoms with van der Waals surface area (Å²) in [5.41, 5.74) is 3.82.